The smallest absolute Gasteiger partial charge is 0.291 e. The number of amides is 2. The van der Waals surface area contributed by atoms with Crippen LogP contribution >= 0.6 is 0 Å². The van der Waals surface area contributed by atoms with E-state index in [1.807, 2.05) is 25.1 Å². The molecule has 2 amide bonds. The van der Waals surface area contributed by atoms with Crippen LogP contribution in [0, 0.1) is 0 Å². The first-order valence-corrected chi connectivity index (χ1v) is 10.1. The molecule has 0 aliphatic carbocycles. The Morgan fingerprint density at radius 2 is 1.69 bits per heavy atom. The minimum atomic E-state index is -0.398. The number of ether oxygens (including phenoxy) is 2. The van der Waals surface area contributed by atoms with Gasteiger partial charge < -0.3 is 24.5 Å². The van der Waals surface area contributed by atoms with Crippen molar-refractivity contribution in [2.24, 2.45) is 0 Å². The SMILES string of the molecule is CCOc1ccc(C(=O)Nc2ccc(NC(=O)c3cc4ccccc4o3)c(OC)c2)cc1. The summed E-state index contributed by atoms with van der Waals surface area (Å²) < 4.78 is 16.4. The van der Waals surface area contributed by atoms with Crippen molar-refractivity contribution in [2.75, 3.05) is 24.4 Å². The lowest BCUT2D eigenvalue weighted by Gasteiger charge is -2.12. The number of hydrogen-bond donors (Lipinski definition) is 2. The highest BCUT2D eigenvalue weighted by Gasteiger charge is 2.15. The lowest BCUT2D eigenvalue weighted by molar-refractivity contribution is 0.0996. The van der Waals surface area contributed by atoms with E-state index in [-0.39, 0.29) is 11.7 Å². The van der Waals surface area contributed by atoms with Crippen LogP contribution in [0.2, 0.25) is 0 Å². The highest BCUT2D eigenvalue weighted by molar-refractivity contribution is 6.06. The number of anilines is 2. The fourth-order valence-corrected chi connectivity index (χ4v) is 3.22. The van der Waals surface area contributed by atoms with Gasteiger partial charge in [-0.25, -0.2) is 0 Å². The molecule has 3 aromatic carbocycles. The number of fused-ring (bicyclic) bond motifs is 1. The first-order chi connectivity index (χ1) is 15.6. The molecular formula is C25H22N2O5. The summed E-state index contributed by atoms with van der Waals surface area (Å²) in [6.07, 6.45) is 0. The number of nitrogens with one attached hydrogen (secondary N) is 2. The number of para-hydroxylation sites is 1. The molecule has 0 saturated heterocycles. The molecular weight excluding hydrogens is 408 g/mol. The van der Waals surface area contributed by atoms with Crippen LogP contribution in [0.3, 0.4) is 0 Å². The molecule has 0 spiro atoms. The summed E-state index contributed by atoms with van der Waals surface area (Å²) in [5.74, 6) is 0.634. The third-order valence-corrected chi connectivity index (χ3v) is 4.78. The lowest BCUT2D eigenvalue weighted by Crippen LogP contribution is -2.13. The van der Waals surface area contributed by atoms with Crippen LogP contribution in [0.15, 0.2) is 77.2 Å². The first-order valence-electron chi connectivity index (χ1n) is 10.1. The molecule has 0 atom stereocenters. The van der Waals surface area contributed by atoms with Gasteiger partial charge in [0.25, 0.3) is 11.8 Å². The van der Waals surface area contributed by atoms with Gasteiger partial charge in [0.1, 0.15) is 17.1 Å². The van der Waals surface area contributed by atoms with E-state index in [0.717, 1.165) is 5.39 Å². The second kappa shape index (κ2) is 9.26. The van der Waals surface area contributed by atoms with Crippen molar-refractivity contribution in [3.8, 4) is 11.5 Å². The summed E-state index contributed by atoms with van der Waals surface area (Å²) in [5, 5.41) is 6.45. The Labute approximate surface area is 184 Å². The van der Waals surface area contributed by atoms with E-state index in [1.54, 1.807) is 54.6 Å². The van der Waals surface area contributed by atoms with Crippen molar-refractivity contribution in [3.05, 3.63) is 84.1 Å². The van der Waals surface area contributed by atoms with Crippen LogP contribution in [0.4, 0.5) is 11.4 Å². The predicted molar refractivity (Wildman–Crippen MR) is 123 cm³/mol. The molecule has 32 heavy (non-hydrogen) atoms. The number of benzene rings is 3. The monoisotopic (exact) mass is 430 g/mol. The average molecular weight is 430 g/mol. The Morgan fingerprint density at radius 3 is 2.41 bits per heavy atom. The van der Waals surface area contributed by atoms with Crippen molar-refractivity contribution in [1.29, 1.82) is 0 Å². The first kappa shape index (κ1) is 21.0. The number of methoxy groups -OCH3 is 1. The van der Waals surface area contributed by atoms with Crippen LogP contribution in [0.1, 0.15) is 27.8 Å². The molecule has 2 N–H and O–H groups in total. The highest BCUT2D eigenvalue weighted by atomic mass is 16.5. The van der Waals surface area contributed by atoms with Gasteiger partial charge in [0.15, 0.2) is 5.76 Å². The molecule has 0 bridgehead atoms. The Kier molecular flexibility index (Phi) is 6.07. The maximum Gasteiger partial charge on any atom is 0.291 e. The topological polar surface area (TPSA) is 89.8 Å². The molecule has 7 heteroatoms. The highest BCUT2D eigenvalue weighted by Crippen LogP contribution is 2.29. The van der Waals surface area contributed by atoms with Gasteiger partial charge in [-0.3, -0.25) is 9.59 Å². The van der Waals surface area contributed by atoms with Gasteiger partial charge >= 0.3 is 0 Å². The van der Waals surface area contributed by atoms with Crippen LogP contribution in [-0.2, 0) is 0 Å². The summed E-state index contributed by atoms with van der Waals surface area (Å²) in [7, 11) is 1.49. The minimum absolute atomic E-state index is 0.195. The minimum Gasteiger partial charge on any atom is -0.494 e. The maximum absolute atomic E-state index is 12.6. The molecule has 1 aromatic heterocycles. The number of carbonyl (C=O) groups excluding carboxylic acids is 2. The molecule has 1 heterocycles. The van der Waals surface area contributed by atoms with Gasteiger partial charge in [-0.2, -0.15) is 0 Å². The molecule has 0 unspecified atom stereocenters. The quantitative estimate of drug-likeness (QED) is 0.413. The summed E-state index contributed by atoms with van der Waals surface area (Å²) in [5.41, 5.74) is 2.12. The molecule has 162 valence electrons. The van der Waals surface area contributed by atoms with Crippen LogP contribution in [-0.4, -0.2) is 25.5 Å². The van der Waals surface area contributed by atoms with Crippen molar-refractivity contribution < 1.29 is 23.5 Å². The van der Waals surface area contributed by atoms with E-state index >= 15 is 0 Å². The zero-order valence-electron chi connectivity index (χ0n) is 17.7. The predicted octanol–water partition coefficient (Wildman–Crippen LogP) is 5.34. The number of hydrogen-bond acceptors (Lipinski definition) is 5. The molecule has 4 aromatic rings. The normalized spacial score (nSPS) is 10.6. The Hall–Kier alpha value is -4.26. The molecule has 4 rings (SSSR count). The summed E-state index contributed by atoms with van der Waals surface area (Å²) in [6, 6.07) is 20.9. The molecule has 0 radical (unpaired) electrons. The third-order valence-electron chi connectivity index (χ3n) is 4.78. The van der Waals surface area contributed by atoms with Crippen LogP contribution < -0.4 is 20.1 Å². The average Bonchev–Trinajstić information content (AvgIpc) is 3.25. The Bertz CT molecular complexity index is 1230. The number of carbonyl (C=O) groups is 2. The van der Waals surface area contributed by atoms with E-state index in [1.165, 1.54) is 7.11 Å². The van der Waals surface area contributed by atoms with Crippen LogP contribution in [0.25, 0.3) is 11.0 Å². The number of furan rings is 1. The summed E-state index contributed by atoms with van der Waals surface area (Å²) in [4.78, 5) is 25.2. The number of rotatable bonds is 7. The van der Waals surface area contributed by atoms with Crippen molar-refractivity contribution in [3.63, 3.8) is 0 Å². The van der Waals surface area contributed by atoms with Gasteiger partial charge in [0.05, 0.1) is 19.4 Å². The zero-order valence-corrected chi connectivity index (χ0v) is 17.7. The Balaban J connectivity index is 1.47. The fourth-order valence-electron chi connectivity index (χ4n) is 3.22. The van der Waals surface area contributed by atoms with Crippen molar-refractivity contribution in [1.82, 2.24) is 0 Å². The largest absolute Gasteiger partial charge is 0.494 e. The van der Waals surface area contributed by atoms with Gasteiger partial charge in [-0.1, -0.05) is 18.2 Å². The maximum atomic E-state index is 12.6. The van der Waals surface area contributed by atoms with E-state index in [2.05, 4.69) is 10.6 Å². The Morgan fingerprint density at radius 1 is 0.906 bits per heavy atom. The molecule has 0 aliphatic heterocycles. The van der Waals surface area contributed by atoms with Gasteiger partial charge in [-0.15, -0.1) is 0 Å². The van der Waals surface area contributed by atoms with Crippen molar-refractivity contribution in [2.45, 2.75) is 6.92 Å². The molecule has 0 aliphatic rings. The van der Waals surface area contributed by atoms with Gasteiger partial charge in [0.2, 0.25) is 0 Å². The standard InChI is InChI=1S/C25H22N2O5/c1-3-31-19-11-8-16(9-12-19)24(28)26-18-10-13-20(22(15-18)30-2)27-25(29)23-14-17-6-4-5-7-21(17)32-23/h4-15H,3H2,1-2H3,(H,26,28)(H,27,29). The zero-order chi connectivity index (χ0) is 22.5. The van der Waals surface area contributed by atoms with E-state index in [0.29, 0.717) is 40.6 Å². The summed E-state index contributed by atoms with van der Waals surface area (Å²) in [6.45, 7) is 2.46. The second-order valence-electron chi connectivity index (χ2n) is 6.93. The summed E-state index contributed by atoms with van der Waals surface area (Å²) >= 11 is 0. The third kappa shape index (κ3) is 4.57. The van der Waals surface area contributed by atoms with E-state index in [9.17, 15) is 9.59 Å². The van der Waals surface area contributed by atoms with E-state index < -0.39 is 5.91 Å². The second-order valence-corrected chi connectivity index (χ2v) is 6.93. The molecule has 0 saturated carbocycles. The molecule has 7 nitrogen and oxygen atoms in total. The van der Waals surface area contributed by atoms with E-state index in [4.69, 9.17) is 13.9 Å². The van der Waals surface area contributed by atoms with Crippen LogP contribution in [0.5, 0.6) is 11.5 Å². The molecule has 0 fully saturated rings. The van der Waals surface area contributed by atoms with Gasteiger partial charge in [-0.05, 0) is 55.5 Å². The lowest BCUT2D eigenvalue weighted by atomic mass is 10.2. The van der Waals surface area contributed by atoms with Gasteiger partial charge in [0, 0.05) is 22.7 Å². The fraction of sp³-hybridized carbons (Fsp3) is 0.120. The van der Waals surface area contributed by atoms with Crippen molar-refractivity contribution >= 4 is 34.2 Å².